The molecule has 1 unspecified atom stereocenters. The first-order chi connectivity index (χ1) is 9.63. The van der Waals surface area contributed by atoms with Crippen LogP contribution < -0.4 is 5.32 Å². The van der Waals surface area contributed by atoms with Gasteiger partial charge in [0.2, 0.25) is 5.91 Å². The fourth-order valence-corrected chi connectivity index (χ4v) is 1.60. The zero-order valence-corrected chi connectivity index (χ0v) is 11.0. The predicted molar refractivity (Wildman–Crippen MR) is 72.0 cm³/mol. The highest BCUT2D eigenvalue weighted by Crippen LogP contribution is 2.14. The molecule has 0 radical (unpaired) electrons. The lowest BCUT2D eigenvalue weighted by Crippen LogP contribution is -2.42. The van der Waals surface area contributed by atoms with E-state index in [2.05, 4.69) is 5.32 Å². The summed E-state index contributed by atoms with van der Waals surface area (Å²) < 4.78 is 0. The number of carbonyl (C=O) groups is 1. The molecule has 6 nitrogen and oxygen atoms in total. The molecule has 1 amide bonds. The van der Waals surface area contributed by atoms with Crippen LogP contribution in [0.15, 0.2) is 24.3 Å². The van der Waals surface area contributed by atoms with Gasteiger partial charge in [0, 0.05) is 0 Å². The average molecular weight is 267 g/mol. The first-order valence-corrected chi connectivity index (χ1v) is 5.92. The van der Waals surface area contributed by atoms with E-state index in [9.17, 15) is 4.79 Å². The van der Waals surface area contributed by atoms with E-state index >= 15 is 0 Å². The third kappa shape index (κ3) is 3.81. The Kier molecular flexibility index (Phi) is 5.72. The van der Waals surface area contributed by atoms with E-state index in [-0.39, 0.29) is 19.0 Å². The van der Waals surface area contributed by atoms with Crippen LogP contribution in [0.2, 0.25) is 0 Å². The van der Waals surface area contributed by atoms with Crippen molar-refractivity contribution in [2.75, 3.05) is 18.4 Å². The Labute approximate surface area is 117 Å². The molecule has 0 aliphatic carbocycles. The summed E-state index contributed by atoms with van der Waals surface area (Å²) in [6.45, 7) is 1.59. The van der Waals surface area contributed by atoms with Gasteiger partial charge < -0.3 is 5.32 Å². The van der Waals surface area contributed by atoms with Gasteiger partial charge in [0.15, 0.2) is 0 Å². The van der Waals surface area contributed by atoms with Gasteiger partial charge in [-0.05, 0) is 19.1 Å². The van der Waals surface area contributed by atoms with Crippen LogP contribution in [0, 0.1) is 34.0 Å². The van der Waals surface area contributed by atoms with Crippen LogP contribution in [0.3, 0.4) is 0 Å². The van der Waals surface area contributed by atoms with Gasteiger partial charge in [-0.2, -0.15) is 15.8 Å². The molecule has 0 aliphatic rings. The maximum atomic E-state index is 12.1. The van der Waals surface area contributed by atoms with Crippen molar-refractivity contribution >= 4 is 11.6 Å². The predicted octanol–water partition coefficient (Wildman–Crippen LogP) is 1.23. The standard InChI is InChI=1S/C14H13N5O/c1-11(19(8-6-15)9-7-16)14(20)18-13-5-3-2-4-12(13)10-17/h2-5,11H,8-9H2,1H3,(H,18,20). The van der Waals surface area contributed by atoms with Crippen LogP contribution in [0.25, 0.3) is 0 Å². The lowest BCUT2D eigenvalue weighted by Gasteiger charge is -2.23. The normalized spacial score (nSPS) is 10.9. The van der Waals surface area contributed by atoms with Gasteiger partial charge in [0.25, 0.3) is 0 Å². The summed E-state index contributed by atoms with van der Waals surface area (Å²) in [7, 11) is 0. The number of nitrogens with zero attached hydrogens (tertiary/aromatic N) is 4. The molecule has 1 aromatic rings. The van der Waals surface area contributed by atoms with E-state index in [0.717, 1.165) is 0 Å². The minimum absolute atomic E-state index is 0.0119. The SMILES string of the molecule is CC(C(=O)Nc1ccccc1C#N)N(CC#N)CC#N. The maximum Gasteiger partial charge on any atom is 0.241 e. The number of hydrogen-bond donors (Lipinski definition) is 1. The number of hydrogen-bond acceptors (Lipinski definition) is 5. The van der Waals surface area contributed by atoms with Gasteiger partial charge in [-0.15, -0.1) is 0 Å². The summed E-state index contributed by atoms with van der Waals surface area (Å²) in [6, 6.07) is 11.8. The maximum absolute atomic E-state index is 12.1. The summed E-state index contributed by atoms with van der Waals surface area (Å²) >= 11 is 0. The number of para-hydroxylation sites is 1. The van der Waals surface area contributed by atoms with Gasteiger partial charge in [-0.3, -0.25) is 9.69 Å². The highest BCUT2D eigenvalue weighted by atomic mass is 16.2. The number of nitriles is 3. The summed E-state index contributed by atoms with van der Waals surface area (Å²) in [5, 5.41) is 29.0. The Hall–Kier alpha value is -2.88. The van der Waals surface area contributed by atoms with Crippen molar-refractivity contribution in [3.63, 3.8) is 0 Å². The van der Waals surface area contributed by atoms with Crippen molar-refractivity contribution in [2.45, 2.75) is 13.0 Å². The van der Waals surface area contributed by atoms with Crippen LogP contribution in [-0.4, -0.2) is 29.9 Å². The zero-order valence-electron chi connectivity index (χ0n) is 11.0. The van der Waals surface area contributed by atoms with E-state index in [1.54, 1.807) is 31.2 Å². The quantitative estimate of drug-likeness (QED) is 0.808. The first-order valence-electron chi connectivity index (χ1n) is 5.92. The van der Waals surface area contributed by atoms with Gasteiger partial charge in [-0.25, -0.2) is 0 Å². The topological polar surface area (TPSA) is 104 Å². The second kappa shape index (κ2) is 7.53. The molecule has 20 heavy (non-hydrogen) atoms. The second-order valence-corrected chi connectivity index (χ2v) is 4.04. The third-order valence-electron chi connectivity index (χ3n) is 2.78. The van der Waals surface area contributed by atoms with Gasteiger partial charge in [-0.1, -0.05) is 12.1 Å². The van der Waals surface area contributed by atoms with Crippen molar-refractivity contribution in [1.82, 2.24) is 4.90 Å². The molecule has 0 spiro atoms. The molecule has 1 N–H and O–H groups in total. The Bertz CT molecular complexity index is 589. The number of amides is 1. The Balaban J connectivity index is 2.83. The number of nitrogens with one attached hydrogen (secondary N) is 1. The molecule has 6 heteroatoms. The van der Waals surface area contributed by atoms with Crippen LogP contribution in [0.1, 0.15) is 12.5 Å². The molecule has 0 fully saturated rings. The minimum Gasteiger partial charge on any atom is -0.324 e. The molecule has 100 valence electrons. The van der Waals surface area contributed by atoms with E-state index in [0.29, 0.717) is 11.3 Å². The molecular weight excluding hydrogens is 254 g/mol. The summed E-state index contributed by atoms with van der Waals surface area (Å²) in [6.07, 6.45) is 0. The molecule has 0 saturated heterocycles. The summed E-state index contributed by atoms with van der Waals surface area (Å²) in [4.78, 5) is 13.5. The summed E-state index contributed by atoms with van der Waals surface area (Å²) in [5.74, 6) is -0.363. The van der Waals surface area contributed by atoms with E-state index < -0.39 is 6.04 Å². The molecule has 1 aromatic carbocycles. The zero-order chi connectivity index (χ0) is 15.0. The van der Waals surface area contributed by atoms with E-state index in [1.807, 2.05) is 18.2 Å². The van der Waals surface area contributed by atoms with Crippen LogP contribution >= 0.6 is 0 Å². The third-order valence-corrected chi connectivity index (χ3v) is 2.78. The van der Waals surface area contributed by atoms with Gasteiger partial charge in [0.05, 0.1) is 42.5 Å². The fourth-order valence-electron chi connectivity index (χ4n) is 1.60. The Morgan fingerprint density at radius 3 is 2.40 bits per heavy atom. The van der Waals surface area contributed by atoms with Crippen molar-refractivity contribution < 1.29 is 4.79 Å². The van der Waals surface area contributed by atoms with Crippen molar-refractivity contribution in [1.29, 1.82) is 15.8 Å². The second-order valence-electron chi connectivity index (χ2n) is 4.04. The van der Waals surface area contributed by atoms with Crippen molar-refractivity contribution in [3.8, 4) is 18.2 Å². The molecular formula is C14H13N5O. The monoisotopic (exact) mass is 267 g/mol. The minimum atomic E-state index is -0.638. The highest BCUT2D eigenvalue weighted by molar-refractivity contribution is 5.95. The molecule has 0 saturated carbocycles. The number of carbonyl (C=O) groups excluding carboxylic acids is 1. The Morgan fingerprint density at radius 2 is 1.85 bits per heavy atom. The fraction of sp³-hybridized carbons (Fsp3) is 0.286. The molecule has 0 bridgehead atoms. The first kappa shape index (κ1) is 15.2. The van der Waals surface area contributed by atoms with Crippen LogP contribution in [-0.2, 0) is 4.79 Å². The molecule has 0 aromatic heterocycles. The van der Waals surface area contributed by atoms with Crippen LogP contribution in [0.4, 0.5) is 5.69 Å². The lowest BCUT2D eigenvalue weighted by molar-refractivity contribution is -0.120. The molecule has 0 heterocycles. The average Bonchev–Trinajstić information content (AvgIpc) is 2.46. The summed E-state index contributed by atoms with van der Waals surface area (Å²) in [5.41, 5.74) is 0.779. The van der Waals surface area contributed by atoms with Crippen LogP contribution in [0.5, 0.6) is 0 Å². The number of anilines is 1. The van der Waals surface area contributed by atoms with E-state index in [4.69, 9.17) is 15.8 Å². The van der Waals surface area contributed by atoms with Gasteiger partial charge >= 0.3 is 0 Å². The molecule has 1 rings (SSSR count). The molecule has 0 aliphatic heterocycles. The highest BCUT2D eigenvalue weighted by Gasteiger charge is 2.21. The largest absolute Gasteiger partial charge is 0.324 e. The smallest absolute Gasteiger partial charge is 0.241 e. The number of rotatable bonds is 5. The lowest BCUT2D eigenvalue weighted by atomic mass is 10.2. The Morgan fingerprint density at radius 1 is 1.25 bits per heavy atom. The van der Waals surface area contributed by atoms with Gasteiger partial charge in [0.1, 0.15) is 6.07 Å². The van der Waals surface area contributed by atoms with Crippen molar-refractivity contribution in [3.05, 3.63) is 29.8 Å². The van der Waals surface area contributed by atoms with E-state index in [1.165, 1.54) is 4.90 Å². The molecule has 1 atom stereocenters. The number of benzene rings is 1. The van der Waals surface area contributed by atoms with Crippen molar-refractivity contribution in [2.24, 2.45) is 0 Å².